The van der Waals surface area contributed by atoms with E-state index in [2.05, 4.69) is 15.3 Å². The molecule has 3 atom stereocenters. The van der Waals surface area contributed by atoms with Gasteiger partial charge in [-0.15, -0.1) is 11.3 Å². The van der Waals surface area contributed by atoms with E-state index in [1.165, 1.54) is 0 Å². The average molecular weight is 409 g/mol. The Balaban J connectivity index is 1.73. The van der Waals surface area contributed by atoms with Crippen molar-refractivity contribution in [3.8, 4) is 10.6 Å². The van der Waals surface area contributed by atoms with E-state index in [4.69, 9.17) is 4.98 Å². The minimum atomic E-state index is -1.00. The normalized spacial score (nSPS) is 24.1. The van der Waals surface area contributed by atoms with Crippen molar-refractivity contribution in [3.63, 3.8) is 0 Å². The second-order valence-corrected chi connectivity index (χ2v) is 8.85. The molecule has 1 aromatic carbocycles. The van der Waals surface area contributed by atoms with Crippen LogP contribution in [0.15, 0.2) is 54.3 Å². The Morgan fingerprint density at radius 2 is 2.07 bits per heavy atom. The number of carboxylic acid groups (broad SMARTS) is 1. The van der Waals surface area contributed by atoms with Gasteiger partial charge in [0.2, 0.25) is 0 Å². The first-order chi connectivity index (χ1) is 14.0. The quantitative estimate of drug-likeness (QED) is 0.633. The molecule has 3 aromatic rings. The summed E-state index contributed by atoms with van der Waals surface area (Å²) in [4.78, 5) is 25.9. The molecule has 1 aliphatic rings. The van der Waals surface area contributed by atoms with Crippen LogP contribution < -0.4 is 5.32 Å². The van der Waals surface area contributed by atoms with E-state index >= 15 is 0 Å². The van der Waals surface area contributed by atoms with Gasteiger partial charge in [0, 0.05) is 35.5 Å². The lowest BCUT2D eigenvalue weighted by atomic mass is 9.83. The Morgan fingerprint density at radius 3 is 2.72 bits per heavy atom. The first kappa shape index (κ1) is 19.7. The van der Waals surface area contributed by atoms with E-state index in [-0.39, 0.29) is 17.9 Å². The molecule has 2 aromatic heterocycles. The molecule has 4 rings (SSSR count). The van der Waals surface area contributed by atoms with Gasteiger partial charge in [0.05, 0.1) is 17.4 Å². The van der Waals surface area contributed by atoms with Crippen molar-refractivity contribution in [2.24, 2.45) is 5.92 Å². The molecule has 1 aliphatic heterocycles. The third kappa shape index (κ3) is 3.93. The molecule has 2 N–H and O–H groups in total. The molecule has 150 valence electrons. The molecule has 29 heavy (non-hydrogen) atoms. The van der Waals surface area contributed by atoms with Crippen molar-refractivity contribution in [2.75, 3.05) is 0 Å². The number of rotatable bonds is 6. The number of carboxylic acids is 1. The summed E-state index contributed by atoms with van der Waals surface area (Å²) < 4.78 is 0. The van der Waals surface area contributed by atoms with Gasteiger partial charge in [-0.1, -0.05) is 44.2 Å². The van der Waals surface area contributed by atoms with E-state index in [1.807, 2.05) is 49.6 Å². The van der Waals surface area contributed by atoms with Gasteiger partial charge < -0.3 is 5.11 Å². The second-order valence-electron chi connectivity index (χ2n) is 7.99. The lowest BCUT2D eigenvalue weighted by Crippen LogP contribution is -2.49. The van der Waals surface area contributed by atoms with Crippen molar-refractivity contribution in [1.82, 2.24) is 20.3 Å². The predicted octanol–water partition coefficient (Wildman–Crippen LogP) is 4.29. The SMILES string of the molecule is CC(C)C[C@@]1(C(=O)O)C[C@H](c2cnccn2)[C@H](c2csc(-c3ccccc3)n2)N1. The Labute approximate surface area is 174 Å². The van der Waals surface area contributed by atoms with Gasteiger partial charge in [0.15, 0.2) is 0 Å². The molecule has 0 unspecified atom stereocenters. The zero-order valence-corrected chi connectivity index (χ0v) is 17.3. The highest BCUT2D eigenvalue weighted by Gasteiger charge is 2.52. The smallest absolute Gasteiger partial charge is 0.323 e. The van der Waals surface area contributed by atoms with Crippen LogP contribution in [0.3, 0.4) is 0 Å². The van der Waals surface area contributed by atoms with Gasteiger partial charge in [-0.2, -0.15) is 0 Å². The van der Waals surface area contributed by atoms with Crippen LogP contribution in [0.2, 0.25) is 0 Å². The van der Waals surface area contributed by atoms with Crippen molar-refractivity contribution in [3.05, 3.63) is 65.7 Å². The maximum atomic E-state index is 12.3. The van der Waals surface area contributed by atoms with E-state index in [0.717, 1.165) is 22.0 Å². The number of thiazole rings is 1. The summed E-state index contributed by atoms with van der Waals surface area (Å²) in [7, 11) is 0. The predicted molar refractivity (Wildman–Crippen MR) is 113 cm³/mol. The van der Waals surface area contributed by atoms with E-state index in [1.54, 1.807) is 29.9 Å². The number of nitrogens with zero attached hydrogens (tertiary/aromatic N) is 3. The maximum absolute atomic E-state index is 12.3. The number of nitrogens with one attached hydrogen (secondary N) is 1. The third-order valence-corrected chi connectivity index (χ3v) is 6.30. The topological polar surface area (TPSA) is 88.0 Å². The van der Waals surface area contributed by atoms with Crippen LogP contribution in [0.1, 0.15) is 50.0 Å². The van der Waals surface area contributed by atoms with Gasteiger partial charge in [-0.25, -0.2) is 4.98 Å². The van der Waals surface area contributed by atoms with Gasteiger partial charge in [0.1, 0.15) is 10.5 Å². The lowest BCUT2D eigenvalue weighted by Gasteiger charge is -2.27. The number of aliphatic carboxylic acids is 1. The number of hydrogen-bond donors (Lipinski definition) is 2. The zero-order chi connectivity index (χ0) is 20.4. The lowest BCUT2D eigenvalue weighted by molar-refractivity contribution is -0.145. The summed E-state index contributed by atoms with van der Waals surface area (Å²) in [6.45, 7) is 4.10. The minimum Gasteiger partial charge on any atom is -0.480 e. The Hall–Kier alpha value is -2.64. The van der Waals surface area contributed by atoms with Gasteiger partial charge in [-0.05, 0) is 18.8 Å². The van der Waals surface area contributed by atoms with E-state index in [9.17, 15) is 9.90 Å². The monoisotopic (exact) mass is 408 g/mol. The highest BCUT2D eigenvalue weighted by molar-refractivity contribution is 7.13. The highest BCUT2D eigenvalue weighted by Crippen LogP contribution is 2.46. The van der Waals surface area contributed by atoms with Crippen LogP contribution in [-0.4, -0.2) is 31.6 Å². The van der Waals surface area contributed by atoms with Crippen molar-refractivity contribution >= 4 is 17.3 Å². The number of aromatic nitrogens is 3. The van der Waals surface area contributed by atoms with Crippen LogP contribution in [0.5, 0.6) is 0 Å². The Kier molecular flexibility index (Phi) is 5.43. The molecule has 0 bridgehead atoms. The molecule has 0 amide bonds. The molecule has 0 saturated carbocycles. The first-order valence-electron chi connectivity index (χ1n) is 9.76. The first-order valence-corrected chi connectivity index (χ1v) is 10.6. The molecule has 1 saturated heterocycles. The number of hydrogen-bond acceptors (Lipinski definition) is 6. The van der Waals surface area contributed by atoms with Crippen molar-refractivity contribution in [2.45, 2.75) is 44.2 Å². The molecule has 0 radical (unpaired) electrons. The number of carbonyl (C=O) groups is 1. The number of benzene rings is 1. The fourth-order valence-electron chi connectivity index (χ4n) is 4.23. The summed E-state index contributed by atoms with van der Waals surface area (Å²) in [6, 6.07) is 9.80. The van der Waals surface area contributed by atoms with Gasteiger partial charge in [-0.3, -0.25) is 20.1 Å². The molecule has 7 heteroatoms. The zero-order valence-electron chi connectivity index (χ0n) is 16.4. The van der Waals surface area contributed by atoms with Gasteiger partial charge in [0.25, 0.3) is 0 Å². The van der Waals surface area contributed by atoms with E-state index in [0.29, 0.717) is 12.8 Å². The molecule has 3 heterocycles. The summed E-state index contributed by atoms with van der Waals surface area (Å²) >= 11 is 1.57. The molecular weight excluding hydrogens is 384 g/mol. The average Bonchev–Trinajstić information content (AvgIpc) is 3.35. The fourth-order valence-corrected chi connectivity index (χ4v) is 5.09. The summed E-state index contributed by atoms with van der Waals surface area (Å²) in [5.74, 6) is -0.680. The Bertz CT molecular complexity index is 977. The van der Waals surface area contributed by atoms with Crippen LogP contribution in [0.25, 0.3) is 10.6 Å². The highest BCUT2D eigenvalue weighted by atomic mass is 32.1. The van der Waals surface area contributed by atoms with Crippen LogP contribution in [-0.2, 0) is 4.79 Å². The van der Waals surface area contributed by atoms with Gasteiger partial charge >= 0.3 is 5.97 Å². The fraction of sp³-hybridized carbons (Fsp3) is 0.364. The third-order valence-electron chi connectivity index (χ3n) is 5.39. The molecule has 6 nitrogen and oxygen atoms in total. The molecule has 1 fully saturated rings. The van der Waals surface area contributed by atoms with Crippen LogP contribution in [0, 0.1) is 5.92 Å². The van der Waals surface area contributed by atoms with E-state index < -0.39 is 11.5 Å². The van der Waals surface area contributed by atoms with Crippen molar-refractivity contribution < 1.29 is 9.90 Å². The molecule has 0 spiro atoms. The van der Waals surface area contributed by atoms with Crippen LogP contribution >= 0.6 is 11.3 Å². The molecule has 0 aliphatic carbocycles. The second kappa shape index (κ2) is 8.00. The van der Waals surface area contributed by atoms with Crippen molar-refractivity contribution in [1.29, 1.82) is 0 Å². The maximum Gasteiger partial charge on any atom is 0.323 e. The van der Waals surface area contributed by atoms with Crippen LogP contribution in [0.4, 0.5) is 0 Å². The standard InChI is InChI=1S/C22H24N4O2S/c1-14(2)10-22(21(27)28)11-16(17-12-23-8-9-24-17)19(26-22)18-13-29-20(25-18)15-6-4-3-5-7-15/h3-9,12-14,16,19,26H,10-11H2,1-2H3,(H,27,28)/t16-,19-,22+/m1/s1. The minimum absolute atomic E-state index is 0.107. The summed E-state index contributed by atoms with van der Waals surface area (Å²) in [5.41, 5.74) is 1.71. The Morgan fingerprint density at radius 1 is 1.28 bits per heavy atom. The summed E-state index contributed by atoms with van der Waals surface area (Å²) in [6.07, 6.45) is 6.03. The summed E-state index contributed by atoms with van der Waals surface area (Å²) in [5, 5.41) is 16.5. The molecular formula is C22H24N4O2S. The largest absolute Gasteiger partial charge is 0.480 e.